The summed E-state index contributed by atoms with van der Waals surface area (Å²) in [4.78, 5) is 0. The van der Waals surface area contributed by atoms with Gasteiger partial charge in [0.05, 0.1) is 18.6 Å². The predicted molar refractivity (Wildman–Crippen MR) is 66.8 cm³/mol. The Balaban J connectivity index is 2.20. The van der Waals surface area contributed by atoms with Crippen LogP contribution < -0.4 is 9.47 Å². The summed E-state index contributed by atoms with van der Waals surface area (Å²) in [5, 5.41) is 9.66. The van der Waals surface area contributed by atoms with E-state index in [0.717, 1.165) is 5.56 Å². The first-order valence-corrected chi connectivity index (χ1v) is 7.43. The van der Waals surface area contributed by atoms with Gasteiger partial charge in [-0.2, -0.15) is 0 Å². The van der Waals surface area contributed by atoms with Crippen LogP contribution in [0.15, 0.2) is 18.2 Å². The van der Waals surface area contributed by atoms with Crippen LogP contribution in [0.3, 0.4) is 0 Å². The highest BCUT2D eigenvalue weighted by molar-refractivity contribution is 7.91. The highest BCUT2D eigenvalue weighted by atomic mass is 32.2. The van der Waals surface area contributed by atoms with Crippen molar-refractivity contribution in [3.63, 3.8) is 0 Å². The lowest BCUT2D eigenvalue weighted by molar-refractivity contribution is 0.0718. The van der Waals surface area contributed by atoms with Crippen LogP contribution in [0.25, 0.3) is 0 Å². The van der Waals surface area contributed by atoms with Crippen LogP contribution in [-0.2, 0) is 9.84 Å². The molecule has 2 rings (SSSR count). The van der Waals surface area contributed by atoms with Gasteiger partial charge in [0.25, 0.3) is 0 Å². The topological polar surface area (TPSA) is 72.8 Å². The van der Waals surface area contributed by atoms with Crippen LogP contribution in [0.4, 0.5) is 0 Å². The molecule has 100 valence electrons. The Kier molecular flexibility index (Phi) is 3.49. The molecule has 0 bridgehead atoms. The summed E-state index contributed by atoms with van der Waals surface area (Å²) in [7, 11) is -1.69. The summed E-state index contributed by atoms with van der Waals surface area (Å²) in [5.41, 5.74) is 1.01. The second-order valence-electron chi connectivity index (χ2n) is 4.45. The maximum absolute atomic E-state index is 11.4. The summed E-state index contributed by atoms with van der Waals surface area (Å²) in [6.07, 6.45) is -1.72. The summed E-state index contributed by atoms with van der Waals surface area (Å²) < 4.78 is 33.5. The van der Waals surface area contributed by atoms with Crippen molar-refractivity contribution in [2.45, 2.75) is 19.1 Å². The molecule has 2 unspecified atom stereocenters. The molecule has 1 fully saturated rings. The Morgan fingerprint density at radius 3 is 2.56 bits per heavy atom. The van der Waals surface area contributed by atoms with Crippen molar-refractivity contribution in [1.82, 2.24) is 0 Å². The molecule has 0 spiro atoms. The van der Waals surface area contributed by atoms with E-state index in [0.29, 0.717) is 11.5 Å². The molecule has 0 radical (unpaired) electrons. The SMILES string of the molecule is COc1cc(C)ccc1OC1CS(=O)(=O)CC1O. The number of ether oxygens (including phenoxy) is 2. The van der Waals surface area contributed by atoms with Gasteiger partial charge in [-0.1, -0.05) is 6.07 Å². The van der Waals surface area contributed by atoms with Gasteiger partial charge in [-0.05, 0) is 24.6 Å². The lowest BCUT2D eigenvalue weighted by Crippen LogP contribution is -2.29. The van der Waals surface area contributed by atoms with E-state index in [1.807, 2.05) is 13.0 Å². The lowest BCUT2D eigenvalue weighted by Gasteiger charge is -2.18. The van der Waals surface area contributed by atoms with Crippen LogP contribution in [0.5, 0.6) is 11.5 Å². The largest absolute Gasteiger partial charge is 0.493 e. The normalized spacial score (nSPS) is 25.9. The monoisotopic (exact) mass is 272 g/mol. The Hall–Kier alpha value is -1.27. The van der Waals surface area contributed by atoms with E-state index in [-0.39, 0.29) is 11.5 Å². The number of benzene rings is 1. The predicted octanol–water partition coefficient (Wildman–Crippen LogP) is 0.540. The minimum atomic E-state index is -3.21. The van der Waals surface area contributed by atoms with Crippen LogP contribution in [0, 0.1) is 6.92 Å². The van der Waals surface area contributed by atoms with Crippen LogP contribution in [0.2, 0.25) is 0 Å². The van der Waals surface area contributed by atoms with Gasteiger partial charge in [0.2, 0.25) is 0 Å². The quantitative estimate of drug-likeness (QED) is 0.869. The van der Waals surface area contributed by atoms with Gasteiger partial charge in [0, 0.05) is 0 Å². The molecule has 1 heterocycles. The fourth-order valence-corrected chi connectivity index (χ4v) is 3.61. The van der Waals surface area contributed by atoms with Gasteiger partial charge in [-0.15, -0.1) is 0 Å². The fraction of sp³-hybridized carbons (Fsp3) is 0.500. The van der Waals surface area contributed by atoms with Crippen molar-refractivity contribution in [2.75, 3.05) is 18.6 Å². The first kappa shape index (κ1) is 13.2. The number of hydrogen-bond acceptors (Lipinski definition) is 5. The highest BCUT2D eigenvalue weighted by Crippen LogP contribution is 2.30. The van der Waals surface area contributed by atoms with Crippen molar-refractivity contribution in [3.05, 3.63) is 23.8 Å². The number of aliphatic hydroxyl groups excluding tert-OH is 1. The van der Waals surface area contributed by atoms with Crippen LogP contribution in [-0.4, -0.2) is 44.3 Å². The van der Waals surface area contributed by atoms with E-state index in [1.54, 1.807) is 12.1 Å². The molecule has 6 heteroatoms. The van der Waals surface area contributed by atoms with Gasteiger partial charge >= 0.3 is 0 Å². The molecule has 18 heavy (non-hydrogen) atoms. The first-order valence-electron chi connectivity index (χ1n) is 5.61. The number of hydrogen-bond donors (Lipinski definition) is 1. The van der Waals surface area contributed by atoms with Crippen molar-refractivity contribution >= 4 is 9.84 Å². The minimum Gasteiger partial charge on any atom is -0.493 e. The van der Waals surface area contributed by atoms with Crippen molar-refractivity contribution in [1.29, 1.82) is 0 Å². The van der Waals surface area contributed by atoms with Gasteiger partial charge in [-0.25, -0.2) is 8.42 Å². The molecular formula is C12H16O5S. The van der Waals surface area contributed by atoms with Gasteiger partial charge in [0.1, 0.15) is 12.2 Å². The smallest absolute Gasteiger partial charge is 0.161 e. The van der Waals surface area contributed by atoms with Crippen LogP contribution >= 0.6 is 0 Å². The van der Waals surface area contributed by atoms with E-state index in [1.165, 1.54) is 7.11 Å². The minimum absolute atomic E-state index is 0.162. The molecule has 1 aromatic carbocycles. The van der Waals surface area contributed by atoms with Crippen molar-refractivity contribution in [2.24, 2.45) is 0 Å². The molecule has 1 aliphatic rings. The van der Waals surface area contributed by atoms with E-state index in [9.17, 15) is 13.5 Å². The summed E-state index contributed by atoms with van der Waals surface area (Å²) in [5.74, 6) is 0.576. The second kappa shape index (κ2) is 4.78. The fourth-order valence-electron chi connectivity index (χ4n) is 1.94. The molecule has 0 aromatic heterocycles. The summed E-state index contributed by atoms with van der Waals surface area (Å²) in [6, 6.07) is 5.35. The molecule has 1 saturated heterocycles. The third-order valence-corrected chi connectivity index (χ3v) is 4.56. The molecule has 1 aliphatic heterocycles. The first-order chi connectivity index (χ1) is 8.41. The Morgan fingerprint density at radius 2 is 2.00 bits per heavy atom. The summed E-state index contributed by atoms with van der Waals surface area (Å²) in [6.45, 7) is 1.92. The molecule has 0 amide bonds. The molecule has 1 N–H and O–H groups in total. The van der Waals surface area contributed by atoms with Gasteiger partial charge in [-0.3, -0.25) is 0 Å². The zero-order chi connectivity index (χ0) is 13.3. The number of rotatable bonds is 3. The average Bonchev–Trinajstić information content (AvgIpc) is 2.54. The zero-order valence-electron chi connectivity index (χ0n) is 10.3. The van der Waals surface area contributed by atoms with Crippen molar-refractivity contribution in [3.8, 4) is 11.5 Å². The third kappa shape index (κ3) is 2.76. The Bertz CT molecular complexity index is 537. The van der Waals surface area contributed by atoms with Crippen molar-refractivity contribution < 1.29 is 23.0 Å². The molecule has 0 saturated carbocycles. The van der Waals surface area contributed by atoms with E-state index in [2.05, 4.69) is 0 Å². The second-order valence-corrected chi connectivity index (χ2v) is 6.61. The Morgan fingerprint density at radius 1 is 1.28 bits per heavy atom. The molecule has 0 aliphatic carbocycles. The highest BCUT2D eigenvalue weighted by Gasteiger charge is 2.38. The molecule has 1 aromatic rings. The Labute approximate surface area is 106 Å². The average molecular weight is 272 g/mol. The number of methoxy groups -OCH3 is 1. The van der Waals surface area contributed by atoms with E-state index in [4.69, 9.17) is 9.47 Å². The van der Waals surface area contributed by atoms with E-state index < -0.39 is 22.0 Å². The molecule has 5 nitrogen and oxygen atoms in total. The third-order valence-electron chi connectivity index (χ3n) is 2.87. The molecular weight excluding hydrogens is 256 g/mol. The van der Waals surface area contributed by atoms with Crippen LogP contribution in [0.1, 0.15) is 5.56 Å². The maximum Gasteiger partial charge on any atom is 0.161 e. The number of sulfone groups is 1. The van der Waals surface area contributed by atoms with E-state index >= 15 is 0 Å². The summed E-state index contributed by atoms with van der Waals surface area (Å²) >= 11 is 0. The van der Waals surface area contributed by atoms with Gasteiger partial charge < -0.3 is 14.6 Å². The standard InChI is InChI=1S/C12H16O5S/c1-8-3-4-10(11(5-8)16-2)17-12-7-18(14,15)6-9(12)13/h3-5,9,12-13H,6-7H2,1-2H3. The maximum atomic E-state index is 11.4. The molecule has 2 atom stereocenters. The zero-order valence-corrected chi connectivity index (χ0v) is 11.1. The number of aliphatic hydroxyl groups is 1. The lowest BCUT2D eigenvalue weighted by atomic mass is 10.2. The van der Waals surface area contributed by atoms with Gasteiger partial charge in [0.15, 0.2) is 21.3 Å². The number of aryl methyl sites for hydroxylation is 1.